The number of fused-ring (bicyclic) bond motifs is 1. The van der Waals surface area contributed by atoms with Crippen LogP contribution >= 0.6 is 22.9 Å². The van der Waals surface area contributed by atoms with E-state index in [1.165, 1.54) is 30.9 Å². The average Bonchev–Trinajstić information content (AvgIpc) is 3.43. The van der Waals surface area contributed by atoms with Crippen molar-refractivity contribution in [1.82, 2.24) is 4.57 Å². The normalized spacial score (nSPS) is 13.9. The number of thiazole rings is 1. The number of methoxy groups -OCH3 is 2. The van der Waals surface area contributed by atoms with Gasteiger partial charge in [0.1, 0.15) is 6.61 Å². The number of hydrogen-bond acceptors (Lipinski definition) is 13. The molecule has 0 aliphatic carbocycles. The first-order valence-corrected chi connectivity index (χ1v) is 17.1. The predicted molar refractivity (Wildman–Crippen MR) is 191 cm³/mol. The molecular weight excluding hydrogens is 718 g/mol. The lowest BCUT2D eigenvalue weighted by atomic mass is 9.95. The highest BCUT2D eigenvalue weighted by Crippen LogP contribution is 2.38. The maximum absolute atomic E-state index is 14.2. The van der Waals surface area contributed by atoms with E-state index in [4.69, 9.17) is 35.3 Å². The highest BCUT2D eigenvalue weighted by atomic mass is 35.5. The minimum Gasteiger partial charge on any atom is -0.493 e. The number of esters is 2. The molecule has 0 saturated heterocycles. The Morgan fingerprint density at radius 2 is 1.81 bits per heavy atom. The molecule has 0 unspecified atom stereocenters. The summed E-state index contributed by atoms with van der Waals surface area (Å²) in [6, 6.07) is 13.2. The van der Waals surface area contributed by atoms with Crippen molar-refractivity contribution in [2.75, 3.05) is 34.0 Å². The highest BCUT2D eigenvalue weighted by molar-refractivity contribution is 7.07. The van der Waals surface area contributed by atoms with Crippen LogP contribution in [0.15, 0.2) is 75.7 Å². The van der Waals surface area contributed by atoms with Crippen LogP contribution in [0.3, 0.4) is 0 Å². The van der Waals surface area contributed by atoms with E-state index in [2.05, 4.69) is 9.73 Å². The second-order valence-electron chi connectivity index (χ2n) is 11.1. The number of aromatic nitrogens is 1. The molecule has 0 saturated carbocycles. The first-order valence-electron chi connectivity index (χ1n) is 15.9. The van der Waals surface area contributed by atoms with Crippen LogP contribution in [0, 0.1) is 10.1 Å². The Hall–Kier alpha value is -5.67. The minimum absolute atomic E-state index is 0.0126. The lowest BCUT2D eigenvalue weighted by molar-refractivity contribution is -0.384. The van der Waals surface area contributed by atoms with Crippen LogP contribution in [0.2, 0.25) is 5.02 Å². The van der Waals surface area contributed by atoms with Gasteiger partial charge in [0.05, 0.1) is 59.2 Å². The average molecular weight is 752 g/mol. The van der Waals surface area contributed by atoms with Crippen molar-refractivity contribution in [2.45, 2.75) is 33.4 Å². The number of nitro groups is 1. The molecule has 1 aliphatic rings. The lowest BCUT2D eigenvalue weighted by Gasteiger charge is -2.25. The van der Waals surface area contributed by atoms with E-state index in [9.17, 15) is 24.5 Å². The van der Waals surface area contributed by atoms with E-state index in [0.717, 1.165) is 11.3 Å². The number of carbonyl (C=O) groups excluding carboxylic acids is 2. The molecule has 0 N–H and O–H groups in total. The quantitative estimate of drug-likeness (QED) is 0.0977. The molecule has 0 radical (unpaired) electrons. The second-order valence-corrected chi connectivity index (χ2v) is 12.5. The molecule has 52 heavy (non-hydrogen) atoms. The number of non-ortho nitro benzene ring substituents is 1. The molecule has 4 aromatic rings. The summed E-state index contributed by atoms with van der Waals surface area (Å²) in [5, 5.41) is 11.4. The topological polar surface area (TPSA) is 167 Å². The second kappa shape index (κ2) is 16.6. The number of nitrogens with zero attached hydrogens (tertiary/aromatic N) is 3. The van der Waals surface area contributed by atoms with E-state index in [1.54, 1.807) is 69.3 Å². The highest BCUT2D eigenvalue weighted by Gasteiger charge is 2.34. The number of ether oxygens (including phenoxy) is 6. The van der Waals surface area contributed by atoms with Gasteiger partial charge in [0.15, 0.2) is 34.4 Å². The van der Waals surface area contributed by atoms with Gasteiger partial charge in [-0.15, -0.1) is 0 Å². The third-order valence-corrected chi connectivity index (χ3v) is 8.99. The summed E-state index contributed by atoms with van der Waals surface area (Å²) in [7, 11) is 2.69. The first kappa shape index (κ1) is 37.6. The van der Waals surface area contributed by atoms with E-state index >= 15 is 0 Å². The van der Waals surface area contributed by atoms with Crippen molar-refractivity contribution < 1.29 is 42.9 Å². The summed E-state index contributed by atoms with van der Waals surface area (Å²) in [5.41, 5.74) is 1.61. The molecule has 2 heterocycles. The van der Waals surface area contributed by atoms with Crippen molar-refractivity contribution in [2.24, 2.45) is 4.99 Å². The summed E-state index contributed by atoms with van der Waals surface area (Å²) >= 11 is 7.75. The molecule has 272 valence electrons. The first-order chi connectivity index (χ1) is 25.0. The summed E-state index contributed by atoms with van der Waals surface area (Å²) in [6.07, 6.45) is 1.62. The van der Waals surface area contributed by atoms with Crippen molar-refractivity contribution in [3.05, 3.63) is 117 Å². The molecule has 1 aromatic heterocycles. The van der Waals surface area contributed by atoms with Gasteiger partial charge in [-0.3, -0.25) is 19.5 Å². The van der Waals surface area contributed by atoms with Gasteiger partial charge in [-0.2, -0.15) is 0 Å². The Morgan fingerprint density at radius 3 is 2.50 bits per heavy atom. The van der Waals surface area contributed by atoms with Gasteiger partial charge in [-0.05, 0) is 67.8 Å². The van der Waals surface area contributed by atoms with Crippen molar-refractivity contribution in [1.29, 1.82) is 0 Å². The van der Waals surface area contributed by atoms with E-state index in [0.29, 0.717) is 32.9 Å². The lowest BCUT2D eigenvalue weighted by Crippen LogP contribution is -2.40. The van der Waals surface area contributed by atoms with Gasteiger partial charge in [0.25, 0.3) is 11.2 Å². The third-order valence-electron chi connectivity index (χ3n) is 7.73. The molecular formula is C36H34ClN3O11S. The summed E-state index contributed by atoms with van der Waals surface area (Å²) in [6.45, 7) is 5.15. The number of nitro benzene ring substituents is 1. The fraction of sp³-hybridized carbons (Fsp3) is 0.278. The van der Waals surface area contributed by atoms with Gasteiger partial charge in [0, 0.05) is 12.1 Å². The monoisotopic (exact) mass is 751 g/mol. The van der Waals surface area contributed by atoms with Gasteiger partial charge in [0.2, 0.25) is 0 Å². The number of carbonyl (C=O) groups is 2. The molecule has 0 amide bonds. The number of allylic oxidation sites excluding steroid dienone is 1. The Balaban J connectivity index is 1.57. The van der Waals surface area contributed by atoms with E-state index < -0.39 is 28.5 Å². The molecule has 0 fully saturated rings. The number of rotatable bonds is 14. The number of halogens is 1. The summed E-state index contributed by atoms with van der Waals surface area (Å²) in [4.78, 5) is 55.0. The molecule has 0 bridgehead atoms. The van der Waals surface area contributed by atoms with Gasteiger partial charge in [-0.25, -0.2) is 14.6 Å². The van der Waals surface area contributed by atoms with Crippen molar-refractivity contribution in [3.8, 4) is 23.0 Å². The van der Waals surface area contributed by atoms with Gasteiger partial charge >= 0.3 is 11.9 Å². The maximum atomic E-state index is 14.2. The number of benzene rings is 3. The van der Waals surface area contributed by atoms with Crippen LogP contribution in [0.4, 0.5) is 5.69 Å². The largest absolute Gasteiger partial charge is 0.493 e. The minimum atomic E-state index is -0.950. The predicted octanol–water partition coefficient (Wildman–Crippen LogP) is 4.90. The van der Waals surface area contributed by atoms with Gasteiger partial charge in [-0.1, -0.05) is 41.1 Å². The molecule has 3 aromatic carbocycles. The fourth-order valence-corrected chi connectivity index (χ4v) is 6.73. The molecule has 1 atom stereocenters. The zero-order valence-corrected chi connectivity index (χ0v) is 30.4. The smallest absolute Gasteiger partial charge is 0.343 e. The van der Waals surface area contributed by atoms with E-state index in [1.807, 2.05) is 0 Å². The standard InChI is InChI=1S/C36H34ClN3O11S/c1-6-48-27-17-23(11-12-26(27)50-19-30(41)47-5)32-31(35(43)49-7-2)20(3)38-36-39(32)34(42)29(52-36)16-22-14-25(37)33(28(15-22)46-4)51-18-21-9-8-10-24(13-21)40(44)45/h8-17,32H,6-7,18-19H2,1-5H3/b29-16-/t32-/m0/s1. The zero-order valence-electron chi connectivity index (χ0n) is 28.8. The Bertz CT molecular complexity index is 2250. The third kappa shape index (κ3) is 8.11. The molecule has 0 spiro atoms. The zero-order chi connectivity index (χ0) is 37.5. The summed E-state index contributed by atoms with van der Waals surface area (Å²) in [5.74, 6) is -0.169. The van der Waals surface area contributed by atoms with E-state index in [-0.39, 0.29) is 64.5 Å². The Kier molecular flexibility index (Phi) is 12.0. The Labute approximate surface area is 306 Å². The maximum Gasteiger partial charge on any atom is 0.343 e. The van der Waals surface area contributed by atoms with Crippen LogP contribution < -0.4 is 33.8 Å². The van der Waals surface area contributed by atoms with Crippen molar-refractivity contribution in [3.63, 3.8) is 0 Å². The van der Waals surface area contributed by atoms with Crippen LogP contribution in [0.5, 0.6) is 23.0 Å². The van der Waals surface area contributed by atoms with Crippen LogP contribution in [0.25, 0.3) is 6.08 Å². The fourth-order valence-electron chi connectivity index (χ4n) is 5.41. The van der Waals surface area contributed by atoms with Crippen LogP contribution in [0.1, 0.15) is 43.5 Å². The number of hydrogen-bond donors (Lipinski definition) is 0. The molecule has 1 aliphatic heterocycles. The SMILES string of the molecule is CCOC(=O)C1=C(C)N=c2s/c(=C\c3cc(Cl)c(OCc4cccc([N+](=O)[O-])c4)c(OC)c3)c(=O)n2[C@H]1c1ccc(OCC(=O)OC)c(OCC)c1. The van der Waals surface area contributed by atoms with Crippen molar-refractivity contribution >= 4 is 46.6 Å². The molecule has 14 nitrogen and oxygen atoms in total. The molecule has 5 rings (SSSR count). The van der Waals surface area contributed by atoms with Crippen LogP contribution in [-0.4, -0.2) is 55.5 Å². The Morgan fingerprint density at radius 1 is 1.02 bits per heavy atom. The molecule has 16 heteroatoms. The summed E-state index contributed by atoms with van der Waals surface area (Å²) < 4.78 is 34.7. The van der Waals surface area contributed by atoms with Crippen LogP contribution in [-0.2, 0) is 25.7 Å². The van der Waals surface area contributed by atoms with Gasteiger partial charge < -0.3 is 28.4 Å².